The van der Waals surface area contributed by atoms with Gasteiger partial charge in [0.05, 0.1) is 5.69 Å². The van der Waals surface area contributed by atoms with Gasteiger partial charge in [0.2, 0.25) is 0 Å². The number of aromatic nitrogens is 3. The molecule has 2 aromatic heterocycles. The summed E-state index contributed by atoms with van der Waals surface area (Å²) in [5.74, 6) is -0.459. The van der Waals surface area contributed by atoms with Crippen LogP contribution in [0, 0.1) is 0 Å². The van der Waals surface area contributed by atoms with Crippen LogP contribution in [-0.4, -0.2) is 19.2 Å². The van der Waals surface area contributed by atoms with E-state index in [1.165, 1.54) is 11.6 Å². The van der Waals surface area contributed by atoms with Gasteiger partial charge < -0.3 is 10.1 Å². The summed E-state index contributed by atoms with van der Waals surface area (Å²) in [5, 5.41) is 9.76. The zero-order valence-corrected chi connectivity index (χ0v) is 11.0. The van der Waals surface area contributed by atoms with E-state index in [1.54, 1.807) is 30.3 Å². The summed E-state index contributed by atoms with van der Waals surface area (Å²) in [6.07, 6.45) is 0. The van der Waals surface area contributed by atoms with E-state index in [-0.39, 0.29) is 11.0 Å². The zero-order valence-electron chi connectivity index (χ0n) is 11.0. The second kappa shape index (κ2) is 4.48. The molecule has 0 bridgehead atoms. The Hall–Kier alpha value is -3.09. The zero-order chi connectivity index (χ0) is 15.1. The lowest BCUT2D eigenvalue weighted by Gasteiger charge is -2.12. The van der Waals surface area contributed by atoms with E-state index in [0.29, 0.717) is 5.69 Å². The summed E-state index contributed by atoms with van der Waals surface area (Å²) >= 11 is 0. The van der Waals surface area contributed by atoms with Gasteiger partial charge in [0.1, 0.15) is 16.8 Å². The highest BCUT2D eigenvalue weighted by molar-refractivity contribution is 5.81. The van der Waals surface area contributed by atoms with Crippen LogP contribution in [0.5, 0.6) is 5.75 Å². The minimum atomic E-state index is -0.670. The molecule has 7 nitrogen and oxygen atoms in total. The number of rotatable bonds is 1. The van der Waals surface area contributed by atoms with Crippen LogP contribution in [0.2, 0.25) is 0 Å². The number of pyridine rings is 1. The Kier molecular flexibility index (Phi) is 2.76. The minimum absolute atomic E-state index is 0.0284. The van der Waals surface area contributed by atoms with Gasteiger partial charge in [-0.25, -0.2) is 9.36 Å². The predicted octanol–water partition coefficient (Wildman–Crippen LogP) is 0.0833. The molecule has 2 heterocycles. The molecule has 0 saturated heterocycles. The first-order chi connectivity index (χ1) is 10.0. The van der Waals surface area contributed by atoms with Crippen molar-refractivity contribution in [2.75, 3.05) is 0 Å². The molecule has 1 aromatic carbocycles. The third-order valence-corrected chi connectivity index (χ3v) is 3.24. The van der Waals surface area contributed by atoms with Crippen LogP contribution in [0.15, 0.2) is 50.8 Å². The van der Waals surface area contributed by atoms with Crippen molar-refractivity contribution in [3.8, 4) is 11.4 Å². The topological polar surface area (TPSA) is 97.1 Å². The van der Waals surface area contributed by atoms with Gasteiger partial charge in [0, 0.05) is 13.1 Å². The third-order valence-electron chi connectivity index (χ3n) is 3.24. The summed E-state index contributed by atoms with van der Waals surface area (Å²) < 4.78 is 2.06. The first-order valence-electron chi connectivity index (χ1n) is 6.14. The van der Waals surface area contributed by atoms with Gasteiger partial charge in [-0.05, 0) is 12.1 Å². The van der Waals surface area contributed by atoms with Crippen LogP contribution in [0.1, 0.15) is 0 Å². The van der Waals surface area contributed by atoms with Crippen LogP contribution in [-0.2, 0) is 7.05 Å². The Morgan fingerprint density at radius 1 is 1.10 bits per heavy atom. The number of H-pyrrole nitrogens is 1. The summed E-state index contributed by atoms with van der Waals surface area (Å²) in [6, 6.07) is 9.45. The minimum Gasteiger partial charge on any atom is -0.507 e. The summed E-state index contributed by atoms with van der Waals surface area (Å²) in [7, 11) is 1.31. The van der Waals surface area contributed by atoms with Crippen LogP contribution in [0.3, 0.4) is 0 Å². The SMILES string of the molecule is Cn1c(=O)c2c(O)cc(=O)[nH]c2n(-c2ccccc2)c1=O. The standard InChI is InChI=1S/C14H11N3O4/c1-16-13(20)11-9(18)7-10(19)15-12(11)17(14(16)21)8-5-3-2-4-6-8/h2-7H,1H3,(H2,15,18,19). The van der Waals surface area contributed by atoms with Gasteiger partial charge in [-0.15, -0.1) is 0 Å². The van der Waals surface area contributed by atoms with Crippen molar-refractivity contribution in [1.29, 1.82) is 0 Å². The Bertz CT molecular complexity index is 1010. The summed E-state index contributed by atoms with van der Waals surface area (Å²) in [6.45, 7) is 0. The highest BCUT2D eigenvalue weighted by Gasteiger charge is 2.16. The lowest BCUT2D eigenvalue weighted by molar-refractivity contribution is 0.479. The highest BCUT2D eigenvalue weighted by Crippen LogP contribution is 2.17. The monoisotopic (exact) mass is 285 g/mol. The van der Waals surface area contributed by atoms with E-state index < -0.39 is 22.6 Å². The molecule has 0 atom stereocenters. The lowest BCUT2D eigenvalue weighted by atomic mass is 10.2. The number of hydrogen-bond donors (Lipinski definition) is 2. The first kappa shape index (κ1) is 12.9. The Labute approximate surface area is 117 Å². The molecule has 21 heavy (non-hydrogen) atoms. The first-order valence-corrected chi connectivity index (χ1v) is 6.14. The number of aromatic hydroxyl groups is 1. The fraction of sp³-hybridized carbons (Fsp3) is 0.0714. The molecule has 0 radical (unpaired) electrons. The van der Waals surface area contributed by atoms with Gasteiger partial charge in [0.25, 0.3) is 11.1 Å². The van der Waals surface area contributed by atoms with Gasteiger partial charge in [-0.3, -0.25) is 14.2 Å². The highest BCUT2D eigenvalue weighted by atomic mass is 16.3. The third kappa shape index (κ3) is 1.86. The maximum atomic E-state index is 12.3. The van der Waals surface area contributed by atoms with Crippen LogP contribution < -0.4 is 16.8 Å². The molecule has 0 spiro atoms. The second-order valence-corrected chi connectivity index (χ2v) is 4.56. The number of benzene rings is 1. The van der Waals surface area contributed by atoms with Gasteiger partial charge in [0.15, 0.2) is 0 Å². The molecule has 2 N–H and O–H groups in total. The predicted molar refractivity (Wildman–Crippen MR) is 77.1 cm³/mol. The molecule has 0 amide bonds. The molecular formula is C14H11N3O4. The summed E-state index contributed by atoms with van der Waals surface area (Å²) in [4.78, 5) is 38.5. The number of hydrogen-bond acceptors (Lipinski definition) is 4. The van der Waals surface area contributed by atoms with E-state index in [9.17, 15) is 19.5 Å². The maximum absolute atomic E-state index is 12.3. The van der Waals surface area contributed by atoms with Gasteiger partial charge in [-0.2, -0.15) is 0 Å². The number of para-hydroxylation sites is 1. The molecule has 106 valence electrons. The van der Waals surface area contributed by atoms with Crippen molar-refractivity contribution < 1.29 is 5.11 Å². The van der Waals surface area contributed by atoms with Crippen molar-refractivity contribution in [2.45, 2.75) is 0 Å². The molecule has 3 rings (SSSR count). The van der Waals surface area contributed by atoms with E-state index in [4.69, 9.17) is 0 Å². The van der Waals surface area contributed by atoms with E-state index in [1.807, 2.05) is 0 Å². The van der Waals surface area contributed by atoms with Crippen molar-refractivity contribution in [3.05, 3.63) is 67.6 Å². The van der Waals surface area contributed by atoms with E-state index >= 15 is 0 Å². The number of fused-ring (bicyclic) bond motifs is 1. The van der Waals surface area contributed by atoms with Gasteiger partial charge in [-0.1, -0.05) is 18.2 Å². The fourth-order valence-corrected chi connectivity index (χ4v) is 2.23. The molecule has 0 aliphatic carbocycles. The molecular weight excluding hydrogens is 274 g/mol. The molecule has 0 fully saturated rings. The Morgan fingerprint density at radius 3 is 2.43 bits per heavy atom. The van der Waals surface area contributed by atoms with Crippen LogP contribution >= 0.6 is 0 Å². The van der Waals surface area contributed by atoms with Crippen LogP contribution in [0.25, 0.3) is 16.7 Å². The smallest absolute Gasteiger partial charge is 0.336 e. The van der Waals surface area contributed by atoms with E-state index in [0.717, 1.165) is 10.6 Å². The Balaban J connectivity index is 2.65. The average Bonchev–Trinajstić information content (AvgIpc) is 2.45. The molecule has 0 aliphatic rings. The van der Waals surface area contributed by atoms with Crippen molar-refractivity contribution in [2.24, 2.45) is 7.05 Å². The van der Waals surface area contributed by atoms with Crippen molar-refractivity contribution >= 4 is 11.0 Å². The normalized spacial score (nSPS) is 10.9. The Morgan fingerprint density at radius 2 is 1.76 bits per heavy atom. The maximum Gasteiger partial charge on any atom is 0.336 e. The van der Waals surface area contributed by atoms with E-state index in [2.05, 4.69) is 4.98 Å². The lowest BCUT2D eigenvalue weighted by Crippen LogP contribution is -2.38. The number of aromatic amines is 1. The van der Waals surface area contributed by atoms with Crippen molar-refractivity contribution in [3.63, 3.8) is 0 Å². The second-order valence-electron chi connectivity index (χ2n) is 4.56. The molecule has 7 heteroatoms. The van der Waals surface area contributed by atoms with Crippen molar-refractivity contribution in [1.82, 2.24) is 14.1 Å². The molecule has 0 aliphatic heterocycles. The average molecular weight is 285 g/mol. The number of nitrogens with zero attached hydrogens (tertiary/aromatic N) is 2. The largest absolute Gasteiger partial charge is 0.507 e. The van der Waals surface area contributed by atoms with Crippen LogP contribution in [0.4, 0.5) is 0 Å². The number of nitrogens with one attached hydrogen (secondary N) is 1. The fourth-order valence-electron chi connectivity index (χ4n) is 2.23. The molecule has 0 unspecified atom stereocenters. The molecule has 0 saturated carbocycles. The summed E-state index contributed by atoms with van der Waals surface area (Å²) in [5.41, 5.74) is -1.43. The van der Waals surface area contributed by atoms with Gasteiger partial charge >= 0.3 is 5.69 Å². The molecule has 3 aromatic rings. The quantitative estimate of drug-likeness (QED) is 0.662.